The van der Waals surface area contributed by atoms with E-state index < -0.39 is 17.8 Å². The summed E-state index contributed by atoms with van der Waals surface area (Å²) in [5, 5.41) is 2.69. The van der Waals surface area contributed by atoms with Crippen molar-refractivity contribution < 1.29 is 19.1 Å². The number of nitrogens with one attached hydrogen (secondary N) is 1. The summed E-state index contributed by atoms with van der Waals surface area (Å²) in [6.07, 6.45) is 0. The second-order valence-electron chi connectivity index (χ2n) is 6.14. The Morgan fingerprint density at radius 2 is 1.46 bits per heavy atom. The van der Waals surface area contributed by atoms with Crippen LogP contribution in [-0.4, -0.2) is 25.6 Å². The minimum absolute atomic E-state index is 0.369. The topological polar surface area (TPSA) is 64.6 Å². The van der Waals surface area contributed by atoms with Crippen LogP contribution in [0.15, 0.2) is 84.9 Å². The van der Waals surface area contributed by atoms with Crippen molar-refractivity contribution in [3.8, 4) is 5.75 Å². The summed E-state index contributed by atoms with van der Waals surface area (Å²) in [6.45, 7) is -0.369. The van der Waals surface area contributed by atoms with Gasteiger partial charge in [0.2, 0.25) is 0 Å². The highest BCUT2D eigenvalue weighted by molar-refractivity contribution is 5.93. The predicted molar refractivity (Wildman–Crippen MR) is 107 cm³/mol. The number of esters is 1. The van der Waals surface area contributed by atoms with Gasteiger partial charge in [-0.1, -0.05) is 66.7 Å². The molecule has 0 spiro atoms. The highest BCUT2D eigenvalue weighted by Gasteiger charge is 2.24. The number of rotatable bonds is 7. The number of anilines is 1. The third kappa shape index (κ3) is 4.98. The van der Waals surface area contributed by atoms with Crippen LogP contribution in [0.4, 0.5) is 5.69 Å². The molecular weight excluding hydrogens is 354 g/mol. The van der Waals surface area contributed by atoms with E-state index in [9.17, 15) is 9.59 Å². The van der Waals surface area contributed by atoms with Crippen LogP contribution in [0.5, 0.6) is 5.75 Å². The third-order valence-electron chi connectivity index (χ3n) is 4.20. The molecule has 0 aliphatic heterocycles. The molecule has 0 saturated carbocycles. The standard InChI is InChI=1S/C23H21NO4/c1-27-20-14-8-13-19(15-20)24-21(25)16-28-23(26)22(17-9-4-2-5-10-17)18-11-6-3-7-12-18/h2-15,22H,16H2,1H3,(H,24,25). The van der Waals surface area contributed by atoms with Crippen LogP contribution in [0.25, 0.3) is 0 Å². The molecule has 0 aromatic heterocycles. The molecule has 3 aromatic carbocycles. The molecule has 0 atom stereocenters. The van der Waals surface area contributed by atoms with E-state index in [0.717, 1.165) is 11.1 Å². The van der Waals surface area contributed by atoms with Gasteiger partial charge in [0.05, 0.1) is 7.11 Å². The Balaban J connectivity index is 1.67. The predicted octanol–water partition coefficient (Wildman–Crippen LogP) is 4.01. The second-order valence-corrected chi connectivity index (χ2v) is 6.14. The Morgan fingerprint density at radius 1 is 0.857 bits per heavy atom. The van der Waals surface area contributed by atoms with Gasteiger partial charge in [-0.15, -0.1) is 0 Å². The van der Waals surface area contributed by atoms with Crippen LogP contribution in [0, 0.1) is 0 Å². The first-order valence-electron chi connectivity index (χ1n) is 8.88. The Bertz CT molecular complexity index is 886. The maximum Gasteiger partial charge on any atom is 0.318 e. The average molecular weight is 375 g/mol. The van der Waals surface area contributed by atoms with Gasteiger partial charge in [0, 0.05) is 11.8 Å². The van der Waals surface area contributed by atoms with Gasteiger partial charge in [-0.3, -0.25) is 9.59 Å². The molecule has 0 aliphatic carbocycles. The molecule has 3 rings (SSSR count). The maximum atomic E-state index is 12.8. The van der Waals surface area contributed by atoms with E-state index in [1.165, 1.54) is 0 Å². The van der Waals surface area contributed by atoms with Gasteiger partial charge in [0.25, 0.3) is 5.91 Å². The molecular formula is C23H21NO4. The lowest BCUT2D eigenvalue weighted by Crippen LogP contribution is -2.24. The van der Waals surface area contributed by atoms with Crippen molar-refractivity contribution in [3.63, 3.8) is 0 Å². The number of methoxy groups -OCH3 is 1. The van der Waals surface area contributed by atoms with Crippen molar-refractivity contribution in [3.05, 3.63) is 96.1 Å². The van der Waals surface area contributed by atoms with E-state index in [-0.39, 0.29) is 6.61 Å². The number of ether oxygens (including phenoxy) is 2. The Labute approximate surface area is 163 Å². The van der Waals surface area contributed by atoms with Gasteiger partial charge in [-0.05, 0) is 23.3 Å². The quantitative estimate of drug-likeness (QED) is 0.634. The van der Waals surface area contributed by atoms with Crippen molar-refractivity contribution in [1.82, 2.24) is 0 Å². The Hall–Kier alpha value is -3.60. The first kappa shape index (κ1) is 19.2. The molecule has 0 unspecified atom stereocenters. The number of carbonyl (C=O) groups is 2. The molecule has 0 heterocycles. The lowest BCUT2D eigenvalue weighted by Gasteiger charge is -2.17. The van der Waals surface area contributed by atoms with Gasteiger partial charge in [0.15, 0.2) is 6.61 Å². The fraction of sp³-hybridized carbons (Fsp3) is 0.130. The zero-order valence-corrected chi connectivity index (χ0v) is 15.5. The van der Waals surface area contributed by atoms with Crippen LogP contribution in [0.1, 0.15) is 17.0 Å². The Kier molecular flexibility index (Phi) is 6.41. The summed E-state index contributed by atoms with van der Waals surface area (Å²) in [5.74, 6) is -0.852. The van der Waals surface area contributed by atoms with Crippen LogP contribution in [-0.2, 0) is 14.3 Å². The highest BCUT2D eigenvalue weighted by Crippen LogP contribution is 2.26. The Morgan fingerprint density at radius 3 is 2.04 bits per heavy atom. The molecule has 28 heavy (non-hydrogen) atoms. The van der Waals surface area contributed by atoms with Gasteiger partial charge >= 0.3 is 5.97 Å². The largest absolute Gasteiger partial charge is 0.497 e. The molecule has 0 saturated heterocycles. The van der Waals surface area contributed by atoms with Crippen molar-refractivity contribution in [2.24, 2.45) is 0 Å². The van der Waals surface area contributed by atoms with Crippen molar-refractivity contribution >= 4 is 17.6 Å². The monoisotopic (exact) mass is 375 g/mol. The summed E-state index contributed by atoms with van der Waals surface area (Å²) in [7, 11) is 1.55. The van der Waals surface area contributed by atoms with Gasteiger partial charge in [-0.25, -0.2) is 0 Å². The van der Waals surface area contributed by atoms with Crippen molar-refractivity contribution in [2.75, 3.05) is 19.0 Å². The molecule has 1 amide bonds. The van der Waals surface area contributed by atoms with E-state index >= 15 is 0 Å². The summed E-state index contributed by atoms with van der Waals surface area (Å²) in [5.41, 5.74) is 2.20. The van der Waals surface area contributed by atoms with Crippen LogP contribution < -0.4 is 10.1 Å². The molecule has 0 bridgehead atoms. The molecule has 1 N–H and O–H groups in total. The van der Waals surface area contributed by atoms with Crippen molar-refractivity contribution in [2.45, 2.75) is 5.92 Å². The minimum atomic E-state index is -0.591. The first-order chi connectivity index (χ1) is 13.7. The van der Waals surface area contributed by atoms with Crippen LogP contribution >= 0.6 is 0 Å². The SMILES string of the molecule is COc1cccc(NC(=O)COC(=O)C(c2ccccc2)c2ccccc2)c1. The average Bonchev–Trinajstić information content (AvgIpc) is 2.74. The van der Waals surface area contributed by atoms with Crippen LogP contribution in [0.2, 0.25) is 0 Å². The summed E-state index contributed by atoms with van der Waals surface area (Å²) in [4.78, 5) is 25.0. The molecule has 0 fully saturated rings. The molecule has 5 nitrogen and oxygen atoms in total. The normalized spacial score (nSPS) is 10.4. The van der Waals surface area contributed by atoms with E-state index in [2.05, 4.69) is 5.32 Å². The summed E-state index contributed by atoms with van der Waals surface area (Å²) >= 11 is 0. The van der Waals surface area contributed by atoms with E-state index in [4.69, 9.17) is 9.47 Å². The fourth-order valence-corrected chi connectivity index (χ4v) is 2.87. The minimum Gasteiger partial charge on any atom is -0.497 e. The molecule has 3 aromatic rings. The lowest BCUT2D eigenvalue weighted by atomic mass is 9.91. The van der Waals surface area contributed by atoms with E-state index in [1.807, 2.05) is 60.7 Å². The zero-order chi connectivity index (χ0) is 19.8. The number of amides is 1. The van der Waals surface area contributed by atoms with Gasteiger partial charge in [0.1, 0.15) is 11.7 Å². The molecule has 5 heteroatoms. The van der Waals surface area contributed by atoms with E-state index in [0.29, 0.717) is 11.4 Å². The van der Waals surface area contributed by atoms with Gasteiger partial charge in [-0.2, -0.15) is 0 Å². The second kappa shape index (κ2) is 9.37. The fourth-order valence-electron chi connectivity index (χ4n) is 2.87. The number of carbonyl (C=O) groups excluding carboxylic acids is 2. The van der Waals surface area contributed by atoms with Crippen LogP contribution in [0.3, 0.4) is 0 Å². The van der Waals surface area contributed by atoms with E-state index in [1.54, 1.807) is 31.4 Å². The first-order valence-corrected chi connectivity index (χ1v) is 8.88. The molecule has 0 aliphatic rings. The van der Waals surface area contributed by atoms with Gasteiger partial charge < -0.3 is 14.8 Å². The summed E-state index contributed by atoms with van der Waals surface area (Å²) < 4.78 is 10.4. The summed E-state index contributed by atoms with van der Waals surface area (Å²) in [6, 6.07) is 25.7. The number of hydrogen-bond acceptors (Lipinski definition) is 4. The zero-order valence-electron chi connectivity index (χ0n) is 15.5. The van der Waals surface area contributed by atoms with Crippen molar-refractivity contribution in [1.29, 1.82) is 0 Å². The lowest BCUT2D eigenvalue weighted by molar-refractivity contribution is -0.147. The smallest absolute Gasteiger partial charge is 0.318 e. The number of hydrogen-bond donors (Lipinski definition) is 1. The third-order valence-corrected chi connectivity index (χ3v) is 4.20. The maximum absolute atomic E-state index is 12.8. The number of benzene rings is 3. The highest BCUT2D eigenvalue weighted by atomic mass is 16.5. The molecule has 0 radical (unpaired) electrons. The molecule has 142 valence electrons.